The Labute approximate surface area is 114 Å². The largest absolute Gasteiger partial charge is 0.480 e. The van der Waals surface area contributed by atoms with Crippen molar-refractivity contribution >= 4 is 12.0 Å². The Morgan fingerprint density at radius 2 is 2.00 bits per heavy atom. The minimum Gasteiger partial charge on any atom is -0.480 e. The summed E-state index contributed by atoms with van der Waals surface area (Å²) in [7, 11) is 0. The average molecular weight is 266 g/mol. The number of nitrogens with one attached hydrogen (secondary N) is 2. The van der Waals surface area contributed by atoms with Crippen LogP contribution in [0, 0.1) is 17.8 Å². The van der Waals surface area contributed by atoms with E-state index in [4.69, 9.17) is 0 Å². The van der Waals surface area contributed by atoms with Crippen molar-refractivity contribution in [3.63, 3.8) is 0 Å². The summed E-state index contributed by atoms with van der Waals surface area (Å²) in [5.74, 6) is 5.16. The molecule has 1 fully saturated rings. The highest BCUT2D eigenvalue weighted by molar-refractivity contribution is 5.86. The van der Waals surface area contributed by atoms with E-state index < -0.39 is 17.5 Å². The number of rotatable bonds is 4. The van der Waals surface area contributed by atoms with Gasteiger partial charge < -0.3 is 15.7 Å². The number of hydrogen-bond donors (Lipinski definition) is 3. The molecule has 1 aliphatic rings. The Kier molecular flexibility index (Phi) is 5.68. The van der Waals surface area contributed by atoms with Crippen LogP contribution >= 0.6 is 0 Å². The van der Waals surface area contributed by atoms with Crippen LogP contribution < -0.4 is 10.6 Å². The van der Waals surface area contributed by atoms with Gasteiger partial charge in [0.1, 0.15) is 5.54 Å². The zero-order valence-electron chi connectivity index (χ0n) is 11.6. The van der Waals surface area contributed by atoms with E-state index in [1.165, 1.54) is 0 Å². The molecule has 0 aromatic rings. The predicted octanol–water partition coefficient (Wildman–Crippen LogP) is 1.73. The molecule has 0 heterocycles. The summed E-state index contributed by atoms with van der Waals surface area (Å²) in [5, 5.41) is 14.6. The van der Waals surface area contributed by atoms with Crippen molar-refractivity contribution in [3.05, 3.63) is 0 Å². The third-order valence-corrected chi connectivity index (χ3v) is 3.60. The molecular weight excluding hydrogens is 244 g/mol. The van der Waals surface area contributed by atoms with Crippen molar-refractivity contribution in [1.82, 2.24) is 10.6 Å². The Morgan fingerprint density at radius 1 is 1.37 bits per heavy atom. The Bertz CT molecular complexity index is 387. The van der Waals surface area contributed by atoms with E-state index in [1.807, 2.05) is 0 Å². The molecule has 0 saturated heterocycles. The Morgan fingerprint density at radius 3 is 2.53 bits per heavy atom. The highest BCUT2D eigenvalue weighted by Crippen LogP contribution is 2.32. The van der Waals surface area contributed by atoms with Crippen LogP contribution in [0.25, 0.3) is 0 Å². The van der Waals surface area contributed by atoms with Crippen LogP contribution in [-0.4, -0.2) is 29.2 Å². The van der Waals surface area contributed by atoms with Gasteiger partial charge in [-0.2, -0.15) is 0 Å². The monoisotopic (exact) mass is 266 g/mol. The lowest BCUT2D eigenvalue weighted by atomic mass is 9.77. The lowest BCUT2D eigenvalue weighted by Gasteiger charge is -2.36. The molecular formula is C14H22N2O3. The van der Waals surface area contributed by atoms with E-state index in [-0.39, 0.29) is 0 Å². The number of carbonyl (C=O) groups excluding carboxylic acids is 1. The first-order chi connectivity index (χ1) is 9.00. The molecule has 19 heavy (non-hydrogen) atoms. The molecule has 1 saturated carbocycles. The second kappa shape index (κ2) is 7.03. The fourth-order valence-corrected chi connectivity index (χ4v) is 2.27. The van der Waals surface area contributed by atoms with Crippen LogP contribution in [-0.2, 0) is 4.79 Å². The summed E-state index contributed by atoms with van der Waals surface area (Å²) >= 11 is 0. The standard InChI is InChI=1S/C14H22N2O3/c1-3-4-5-10-15-13(19)16-14(12(17)18)8-6-11(2)7-9-14/h11H,5-10H2,1-2H3,(H,17,18)(H2,15,16,19). The zero-order valence-corrected chi connectivity index (χ0v) is 11.6. The molecule has 0 aromatic carbocycles. The minimum absolute atomic E-state index is 0.421. The van der Waals surface area contributed by atoms with Crippen molar-refractivity contribution in [2.45, 2.75) is 51.5 Å². The number of carboxylic acid groups (broad SMARTS) is 1. The van der Waals surface area contributed by atoms with Crippen molar-refractivity contribution in [2.24, 2.45) is 5.92 Å². The third-order valence-electron chi connectivity index (χ3n) is 3.60. The molecule has 106 valence electrons. The molecule has 1 aliphatic carbocycles. The Hall–Kier alpha value is -1.70. The second-order valence-corrected chi connectivity index (χ2v) is 5.13. The minimum atomic E-state index is -1.10. The van der Waals surface area contributed by atoms with Crippen molar-refractivity contribution in [2.75, 3.05) is 6.54 Å². The predicted molar refractivity (Wildman–Crippen MR) is 72.6 cm³/mol. The fraction of sp³-hybridized carbons (Fsp3) is 0.714. The van der Waals surface area contributed by atoms with Crippen LogP contribution in [0.15, 0.2) is 0 Å². The first-order valence-corrected chi connectivity index (χ1v) is 6.69. The molecule has 5 heteroatoms. The van der Waals surface area contributed by atoms with Gasteiger partial charge in [-0.25, -0.2) is 9.59 Å². The van der Waals surface area contributed by atoms with Gasteiger partial charge in [-0.1, -0.05) is 6.92 Å². The van der Waals surface area contributed by atoms with Gasteiger partial charge >= 0.3 is 12.0 Å². The zero-order chi connectivity index (χ0) is 14.3. The maximum absolute atomic E-state index is 11.7. The summed E-state index contributed by atoms with van der Waals surface area (Å²) in [4.78, 5) is 23.2. The molecule has 1 rings (SSSR count). The van der Waals surface area contributed by atoms with E-state index in [0.717, 1.165) is 12.8 Å². The first-order valence-electron chi connectivity index (χ1n) is 6.69. The van der Waals surface area contributed by atoms with Gasteiger partial charge in [0, 0.05) is 13.0 Å². The number of hydrogen-bond acceptors (Lipinski definition) is 2. The number of carboxylic acids is 1. The SMILES string of the molecule is CC#CCCNC(=O)NC1(C(=O)O)CCC(C)CC1. The van der Waals surface area contributed by atoms with E-state index in [1.54, 1.807) is 6.92 Å². The summed E-state index contributed by atoms with van der Waals surface area (Å²) in [6.07, 6.45) is 3.21. The molecule has 0 unspecified atom stereocenters. The van der Waals surface area contributed by atoms with E-state index in [9.17, 15) is 14.7 Å². The van der Waals surface area contributed by atoms with Crippen LogP contribution in [0.2, 0.25) is 0 Å². The van der Waals surface area contributed by atoms with Crippen LogP contribution in [0.5, 0.6) is 0 Å². The second-order valence-electron chi connectivity index (χ2n) is 5.13. The quantitative estimate of drug-likeness (QED) is 0.535. The van der Waals surface area contributed by atoms with Gasteiger partial charge in [0.2, 0.25) is 0 Å². The van der Waals surface area contributed by atoms with Crippen molar-refractivity contribution in [3.8, 4) is 11.8 Å². The molecule has 0 atom stereocenters. The van der Waals surface area contributed by atoms with Gasteiger partial charge in [-0.05, 0) is 38.5 Å². The summed E-state index contributed by atoms with van der Waals surface area (Å²) < 4.78 is 0. The summed E-state index contributed by atoms with van der Waals surface area (Å²) in [6, 6.07) is -0.421. The lowest BCUT2D eigenvalue weighted by Crippen LogP contribution is -2.58. The number of aliphatic carboxylic acids is 1. The van der Waals surface area contributed by atoms with Crippen LogP contribution in [0.1, 0.15) is 46.0 Å². The molecule has 0 aliphatic heterocycles. The molecule has 0 spiro atoms. The summed E-state index contributed by atoms with van der Waals surface area (Å²) in [6.45, 7) is 4.27. The van der Waals surface area contributed by atoms with Gasteiger partial charge in [-0.3, -0.25) is 0 Å². The average Bonchev–Trinajstić information content (AvgIpc) is 2.37. The van der Waals surface area contributed by atoms with Gasteiger partial charge in [0.05, 0.1) is 0 Å². The van der Waals surface area contributed by atoms with Crippen molar-refractivity contribution < 1.29 is 14.7 Å². The molecule has 2 amide bonds. The normalized spacial score (nSPS) is 25.9. The molecule has 0 radical (unpaired) electrons. The Balaban J connectivity index is 2.51. The highest BCUT2D eigenvalue weighted by Gasteiger charge is 2.42. The summed E-state index contributed by atoms with van der Waals surface area (Å²) in [5.41, 5.74) is -1.10. The van der Waals surface area contributed by atoms with E-state index in [0.29, 0.717) is 31.7 Å². The highest BCUT2D eigenvalue weighted by atomic mass is 16.4. The number of urea groups is 1. The smallest absolute Gasteiger partial charge is 0.329 e. The lowest BCUT2D eigenvalue weighted by molar-refractivity contribution is -0.146. The maximum Gasteiger partial charge on any atom is 0.329 e. The van der Waals surface area contributed by atoms with Crippen molar-refractivity contribution in [1.29, 1.82) is 0 Å². The fourth-order valence-electron chi connectivity index (χ4n) is 2.27. The molecule has 5 nitrogen and oxygen atoms in total. The third kappa shape index (κ3) is 4.47. The molecule has 0 aromatic heterocycles. The van der Waals surface area contributed by atoms with Gasteiger partial charge in [0.15, 0.2) is 0 Å². The first kappa shape index (κ1) is 15.4. The molecule has 3 N–H and O–H groups in total. The van der Waals surface area contributed by atoms with Crippen LogP contribution in [0.4, 0.5) is 4.79 Å². The van der Waals surface area contributed by atoms with Gasteiger partial charge in [-0.15, -0.1) is 11.8 Å². The number of carbonyl (C=O) groups is 2. The van der Waals surface area contributed by atoms with Gasteiger partial charge in [0.25, 0.3) is 0 Å². The molecule has 0 bridgehead atoms. The van der Waals surface area contributed by atoms with E-state index in [2.05, 4.69) is 29.4 Å². The van der Waals surface area contributed by atoms with Crippen LogP contribution in [0.3, 0.4) is 0 Å². The topological polar surface area (TPSA) is 78.4 Å². The maximum atomic E-state index is 11.7. The number of amides is 2. The van der Waals surface area contributed by atoms with E-state index >= 15 is 0 Å².